The molecule has 2 rings (SSSR count). The maximum absolute atomic E-state index is 12.5. The Kier molecular flexibility index (Phi) is 4.31. The van der Waals surface area contributed by atoms with E-state index in [1.807, 2.05) is 0 Å². The van der Waals surface area contributed by atoms with E-state index in [2.05, 4.69) is 25.7 Å². The van der Waals surface area contributed by atoms with E-state index in [1.54, 1.807) is 0 Å². The Morgan fingerprint density at radius 2 is 1.78 bits per heavy atom. The highest BCUT2D eigenvalue weighted by Crippen LogP contribution is 2.31. The van der Waals surface area contributed by atoms with Crippen LogP contribution in [0.3, 0.4) is 0 Å². The van der Waals surface area contributed by atoms with Crippen molar-refractivity contribution >= 4 is 5.91 Å². The van der Waals surface area contributed by atoms with E-state index in [0.717, 1.165) is 44.7 Å². The van der Waals surface area contributed by atoms with Crippen molar-refractivity contribution < 1.29 is 4.79 Å². The molecule has 1 saturated carbocycles. The number of piperidine rings is 1. The molecule has 1 aliphatic carbocycles. The highest BCUT2D eigenvalue weighted by atomic mass is 16.2. The molecule has 3 nitrogen and oxygen atoms in total. The van der Waals surface area contributed by atoms with Gasteiger partial charge in [-0.3, -0.25) is 4.79 Å². The number of rotatable bonds is 1. The van der Waals surface area contributed by atoms with E-state index in [-0.39, 0.29) is 5.92 Å². The standard InChI is InChI=1S/C15H28N2O/c1-10-6-7-17(9-12(10)3)15(18)13-4-5-14(16)11(2)8-13/h10-14H,4-9,16H2,1-3H3. The summed E-state index contributed by atoms with van der Waals surface area (Å²) >= 11 is 0. The average Bonchev–Trinajstić information content (AvgIpc) is 2.35. The zero-order chi connectivity index (χ0) is 13.3. The Morgan fingerprint density at radius 1 is 1.06 bits per heavy atom. The predicted molar refractivity (Wildman–Crippen MR) is 74.0 cm³/mol. The van der Waals surface area contributed by atoms with Crippen LogP contribution in [-0.4, -0.2) is 29.9 Å². The number of hydrogen-bond donors (Lipinski definition) is 1. The molecule has 0 bridgehead atoms. The van der Waals surface area contributed by atoms with Gasteiger partial charge in [0, 0.05) is 25.0 Å². The van der Waals surface area contributed by atoms with Gasteiger partial charge in [-0.1, -0.05) is 20.8 Å². The molecular formula is C15H28N2O. The maximum Gasteiger partial charge on any atom is 0.225 e. The van der Waals surface area contributed by atoms with E-state index in [9.17, 15) is 4.79 Å². The van der Waals surface area contributed by atoms with Crippen molar-refractivity contribution in [3.8, 4) is 0 Å². The SMILES string of the molecule is CC1CCN(C(=O)C2CCC(N)C(C)C2)CC1C. The van der Waals surface area contributed by atoms with Gasteiger partial charge in [0.05, 0.1) is 0 Å². The number of amides is 1. The lowest BCUT2D eigenvalue weighted by Gasteiger charge is -2.39. The van der Waals surface area contributed by atoms with Crippen LogP contribution in [0.4, 0.5) is 0 Å². The van der Waals surface area contributed by atoms with Crippen molar-refractivity contribution in [3.05, 3.63) is 0 Å². The van der Waals surface area contributed by atoms with Crippen LogP contribution in [0.25, 0.3) is 0 Å². The molecule has 5 unspecified atom stereocenters. The van der Waals surface area contributed by atoms with E-state index in [0.29, 0.717) is 23.8 Å². The molecule has 104 valence electrons. The van der Waals surface area contributed by atoms with Gasteiger partial charge in [-0.25, -0.2) is 0 Å². The summed E-state index contributed by atoms with van der Waals surface area (Å²) in [6, 6.07) is 0.300. The smallest absolute Gasteiger partial charge is 0.225 e. The van der Waals surface area contributed by atoms with Gasteiger partial charge in [0.25, 0.3) is 0 Å². The summed E-state index contributed by atoms with van der Waals surface area (Å²) in [5.74, 6) is 2.53. The highest BCUT2D eigenvalue weighted by Gasteiger charge is 2.34. The van der Waals surface area contributed by atoms with Gasteiger partial charge in [-0.15, -0.1) is 0 Å². The molecule has 1 heterocycles. The molecule has 5 atom stereocenters. The maximum atomic E-state index is 12.5. The summed E-state index contributed by atoms with van der Waals surface area (Å²) in [6.45, 7) is 8.67. The molecule has 1 saturated heterocycles. The molecule has 0 aromatic carbocycles. The Labute approximate surface area is 111 Å². The molecule has 2 aliphatic rings. The minimum atomic E-state index is 0.236. The molecule has 2 fully saturated rings. The lowest BCUT2D eigenvalue weighted by atomic mass is 9.78. The summed E-state index contributed by atoms with van der Waals surface area (Å²) in [7, 11) is 0. The van der Waals surface area contributed by atoms with Crippen LogP contribution in [-0.2, 0) is 4.79 Å². The number of nitrogens with zero attached hydrogens (tertiary/aromatic N) is 1. The van der Waals surface area contributed by atoms with Gasteiger partial charge < -0.3 is 10.6 Å². The van der Waals surface area contributed by atoms with Crippen molar-refractivity contribution in [2.45, 2.75) is 52.5 Å². The predicted octanol–water partition coefficient (Wildman–Crippen LogP) is 2.25. The fourth-order valence-electron chi connectivity index (χ4n) is 3.37. The Bertz CT molecular complexity index is 277. The minimum Gasteiger partial charge on any atom is -0.342 e. The summed E-state index contributed by atoms with van der Waals surface area (Å²) in [6.07, 6.45) is 4.15. The second-order valence-corrected chi connectivity index (χ2v) is 6.68. The second kappa shape index (κ2) is 5.60. The van der Waals surface area contributed by atoms with Crippen molar-refractivity contribution in [2.75, 3.05) is 13.1 Å². The summed E-state index contributed by atoms with van der Waals surface area (Å²) in [5, 5.41) is 0. The second-order valence-electron chi connectivity index (χ2n) is 6.68. The van der Waals surface area contributed by atoms with Gasteiger partial charge in [0.15, 0.2) is 0 Å². The Morgan fingerprint density at radius 3 is 2.39 bits per heavy atom. The first kappa shape index (κ1) is 13.9. The topological polar surface area (TPSA) is 46.3 Å². The summed E-state index contributed by atoms with van der Waals surface area (Å²) in [4.78, 5) is 14.7. The van der Waals surface area contributed by atoms with Gasteiger partial charge in [0.1, 0.15) is 0 Å². The highest BCUT2D eigenvalue weighted by molar-refractivity contribution is 5.79. The molecule has 2 N–H and O–H groups in total. The first-order valence-electron chi connectivity index (χ1n) is 7.53. The molecule has 0 aromatic rings. The molecule has 3 heteroatoms. The van der Waals surface area contributed by atoms with Crippen LogP contribution < -0.4 is 5.73 Å². The van der Waals surface area contributed by atoms with Crippen molar-refractivity contribution in [1.29, 1.82) is 0 Å². The largest absolute Gasteiger partial charge is 0.342 e. The van der Waals surface area contributed by atoms with Crippen LogP contribution >= 0.6 is 0 Å². The molecular weight excluding hydrogens is 224 g/mol. The van der Waals surface area contributed by atoms with Crippen LogP contribution in [0.1, 0.15) is 46.5 Å². The number of hydrogen-bond acceptors (Lipinski definition) is 2. The zero-order valence-corrected chi connectivity index (χ0v) is 12.1. The fourth-order valence-corrected chi connectivity index (χ4v) is 3.37. The molecule has 1 amide bonds. The monoisotopic (exact) mass is 252 g/mol. The van der Waals surface area contributed by atoms with Gasteiger partial charge in [0.2, 0.25) is 5.91 Å². The Balaban J connectivity index is 1.91. The molecule has 1 aliphatic heterocycles. The van der Waals surface area contributed by atoms with Crippen LogP contribution in [0.15, 0.2) is 0 Å². The lowest BCUT2D eigenvalue weighted by molar-refractivity contribution is -0.139. The number of nitrogens with two attached hydrogens (primary N) is 1. The van der Waals surface area contributed by atoms with E-state index < -0.39 is 0 Å². The molecule has 0 radical (unpaired) electrons. The van der Waals surface area contributed by atoms with Gasteiger partial charge in [-0.05, 0) is 43.4 Å². The molecule has 0 aromatic heterocycles. The normalized spacial score (nSPS) is 41.8. The zero-order valence-electron chi connectivity index (χ0n) is 12.1. The minimum absolute atomic E-state index is 0.236. The number of carbonyl (C=O) groups excluding carboxylic acids is 1. The van der Waals surface area contributed by atoms with E-state index >= 15 is 0 Å². The van der Waals surface area contributed by atoms with Gasteiger partial charge in [-0.2, -0.15) is 0 Å². The van der Waals surface area contributed by atoms with Crippen LogP contribution in [0.5, 0.6) is 0 Å². The van der Waals surface area contributed by atoms with Crippen molar-refractivity contribution in [3.63, 3.8) is 0 Å². The first-order chi connectivity index (χ1) is 8.49. The Hall–Kier alpha value is -0.570. The fraction of sp³-hybridized carbons (Fsp3) is 0.933. The summed E-state index contributed by atoms with van der Waals surface area (Å²) < 4.78 is 0. The number of likely N-dealkylation sites (tertiary alicyclic amines) is 1. The third-order valence-electron chi connectivity index (χ3n) is 5.23. The van der Waals surface area contributed by atoms with E-state index in [4.69, 9.17) is 5.73 Å². The third kappa shape index (κ3) is 2.87. The van der Waals surface area contributed by atoms with Gasteiger partial charge >= 0.3 is 0 Å². The van der Waals surface area contributed by atoms with Crippen LogP contribution in [0.2, 0.25) is 0 Å². The molecule has 18 heavy (non-hydrogen) atoms. The number of carbonyl (C=O) groups is 1. The first-order valence-corrected chi connectivity index (χ1v) is 7.53. The quantitative estimate of drug-likeness (QED) is 0.778. The van der Waals surface area contributed by atoms with E-state index in [1.165, 1.54) is 0 Å². The molecule has 0 spiro atoms. The summed E-state index contributed by atoms with van der Waals surface area (Å²) in [5.41, 5.74) is 6.03. The van der Waals surface area contributed by atoms with Crippen LogP contribution in [0, 0.1) is 23.7 Å². The third-order valence-corrected chi connectivity index (χ3v) is 5.23. The average molecular weight is 252 g/mol. The van der Waals surface area contributed by atoms with Crippen molar-refractivity contribution in [1.82, 2.24) is 4.90 Å². The van der Waals surface area contributed by atoms with Crippen molar-refractivity contribution in [2.24, 2.45) is 29.4 Å². The lowest BCUT2D eigenvalue weighted by Crippen LogP contribution is -2.47.